The molecule has 0 radical (unpaired) electrons. The number of carbonyl (C=O) groups is 1. The van der Waals surface area contributed by atoms with Crippen LogP contribution in [0, 0.1) is 5.41 Å². The van der Waals surface area contributed by atoms with Gasteiger partial charge >= 0.3 is 6.18 Å². The Labute approximate surface area is 183 Å². The fourth-order valence-corrected chi connectivity index (χ4v) is 3.62. The molecule has 1 unspecified atom stereocenters. The van der Waals surface area contributed by atoms with Crippen LogP contribution in [-0.4, -0.2) is 50.5 Å². The van der Waals surface area contributed by atoms with Gasteiger partial charge in [-0.1, -0.05) is 6.07 Å². The van der Waals surface area contributed by atoms with Crippen molar-refractivity contribution in [3.63, 3.8) is 0 Å². The summed E-state index contributed by atoms with van der Waals surface area (Å²) in [7, 11) is -0.453. The molecular formula is C19H22F3N5O4S. The predicted molar refractivity (Wildman–Crippen MR) is 110 cm³/mol. The van der Waals surface area contributed by atoms with Gasteiger partial charge in [0.25, 0.3) is 5.91 Å². The highest BCUT2D eigenvalue weighted by Gasteiger charge is 2.32. The molecule has 0 heterocycles. The molecule has 1 atom stereocenters. The molecule has 0 spiro atoms. The summed E-state index contributed by atoms with van der Waals surface area (Å²) in [5, 5.41) is 7.84. The first kappa shape index (κ1) is 25.1. The Morgan fingerprint density at radius 3 is 2.25 bits per heavy atom. The number of hydroxylamine groups is 2. The molecule has 13 heteroatoms. The van der Waals surface area contributed by atoms with Crippen molar-refractivity contribution in [3.05, 3.63) is 59.7 Å². The maximum absolute atomic E-state index is 12.9. The molecule has 0 aliphatic heterocycles. The lowest BCUT2D eigenvalue weighted by Gasteiger charge is -2.22. The van der Waals surface area contributed by atoms with Crippen LogP contribution in [0.15, 0.2) is 53.4 Å². The number of nitrogens with one attached hydrogen (secondary N) is 2. The smallest absolute Gasteiger partial charge is 0.369 e. The van der Waals surface area contributed by atoms with Crippen LogP contribution in [0.3, 0.4) is 0 Å². The molecule has 174 valence electrons. The standard InChI is InChI=1S/C19H22F3N5O4S/c1-12(26(2)3)25-32(29,30)16-9-7-15(8-10-16)31-27(18(23)24)17(28)13-5-4-6-14(11-13)19(20,21)22/h4-12,25H,1-3H3,(H3,23,24). The molecule has 0 aliphatic carbocycles. The van der Waals surface area contributed by atoms with Crippen molar-refractivity contribution in [2.75, 3.05) is 14.1 Å². The molecule has 9 nitrogen and oxygen atoms in total. The van der Waals surface area contributed by atoms with Gasteiger partial charge in [0.1, 0.15) is 0 Å². The number of hydrogen-bond acceptors (Lipinski definition) is 6. The van der Waals surface area contributed by atoms with Crippen LogP contribution < -0.4 is 15.3 Å². The van der Waals surface area contributed by atoms with Crippen LogP contribution in [0.1, 0.15) is 22.8 Å². The minimum Gasteiger partial charge on any atom is -0.369 e. The number of hydrogen-bond donors (Lipinski definition) is 3. The topological polar surface area (TPSA) is 129 Å². The number of guanidine groups is 1. The van der Waals surface area contributed by atoms with Crippen molar-refractivity contribution < 1.29 is 31.2 Å². The normalized spacial score (nSPS) is 13.0. The van der Waals surface area contributed by atoms with Crippen molar-refractivity contribution in [1.29, 1.82) is 5.41 Å². The quantitative estimate of drug-likeness (QED) is 0.245. The number of nitrogens with two attached hydrogens (primary N) is 1. The molecule has 4 N–H and O–H groups in total. The Balaban J connectivity index is 2.24. The van der Waals surface area contributed by atoms with Crippen LogP contribution >= 0.6 is 0 Å². The van der Waals surface area contributed by atoms with Gasteiger partial charge in [0.15, 0.2) is 5.75 Å². The number of halogens is 3. The van der Waals surface area contributed by atoms with Gasteiger partial charge in [-0.15, -0.1) is 5.06 Å². The average Bonchev–Trinajstić information content (AvgIpc) is 2.70. The van der Waals surface area contributed by atoms with Crippen LogP contribution in [0.5, 0.6) is 5.75 Å². The SMILES string of the molecule is CC(NS(=O)(=O)c1ccc(ON(C(=N)N)C(=O)c2cccc(C(F)(F)F)c2)cc1)N(C)C. The van der Waals surface area contributed by atoms with Gasteiger partial charge in [-0.3, -0.25) is 15.1 Å². The lowest BCUT2D eigenvalue weighted by atomic mass is 10.1. The number of benzene rings is 2. The highest BCUT2D eigenvalue weighted by atomic mass is 32.2. The molecule has 0 fully saturated rings. The average molecular weight is 473 g/mol. The Morgan fingerprint density at radius 2 is 1.75 bits per heavy atom. The molecule has 0 bridgehead atoms. The Kier molecular flexibility index (Phi) is 7.49. The second kappa shape index (κ2) is 9.54. The lowest BCUT2D eigenvalue weighted by Crippen LogP contribution is -2.43. The van der Waals surface area contributed by atoms with Gasteiger partial charge in [-0.25, -0.2) is 8.42 Å². The third-order valence-electron chi connectivity index (χ3n) is 4.27. The van der Waals surface area contributed by atoms with Crippen molar-refractivity contribution in [1.82, 2.24) is 14.7 Å². The monoisotopic (exact) mass is 473 g/mol. The van der Waals surface area contributed by atoms with Crippen LogP contribution in [0.2, 0.25) is 0 Å². The van der Waals surface area contributed by atoms with Gasteiger partial charge in [0, 0.05) is 5.56 Å². The van der Waals surface area contributed by atoms with E-state index in [1.165, 1.54) is 24.3 Å². The zero-order valence-corrected chi connectivity index (χ0v) is 18.2. The highest BCUT2D eigenvalue weighted by Crippen LogP contribution is 2.30. The van der Waals surface area contributed by atoms with E-state index in [1.54, 1.807) is 25.9 Å². The first-order valence-corrected chi connectivity index (χ1v) is 10.5. The van der Waals surface area contributed by atoms with E-state index in [2.05, 4.69) is 4.72 Å². The largest absolute Gasteiger partial charge is 0.416 e. The molecule has 2 rings (SSSR count). The van der Waals surface area contributed by atoms with Crippen molar-refractivity contribution in [2.45, 2.75) is 24.2 Å². The Hall–Kier alpha value is -3.16. The third-order valence-corrected chi connectivity index (χ3v) is 5.82. The molecule has 1 amide bonds. The summed E-state index contributed by atoms with van der Waals surface area (Å²) in [4.78, 5) is 19.4. The molecule has 32 heavy (non-hydrogen) atoms. The summed E-state index contributed by atoms with van der Waals surface area (Å²) >= 11 is 0. The second-order valence-electron chi connectivity index (χ2n) is 6.89. The molecule has 0 aliphatic rings. The van der Waals surface area contributed by atoms with Gasteiger partial charge < -0.3 is 10.6 Å². The fourth-order valence-electron chi connectivity index (χ4n) is 2.33. The van der Waals surface area contributed by atoms with E-state index in [1.807, 2.05) is 0 Å². The fraction of sp³-hybridized carbons (Fsp3) is 0.263. The van der Waals surface area contributed by atoms with Crippen LogP contribution in [0.25, 0.3) is 0 Å². The molecule has 0 aromatic heterocycles. The highest BCUT2D eigenvalue weighted by molar-refractivity contribution is 7.89. The Bertz CT molecular complexity index is 1090. The molecule has 2 aromatic carbocycles. The maximum atomic E-state index is 12.9. The van der Waals surface area contributed by atoms with E-state index in [4.69, 9.17) is 16.0 Å². The number of sulfonamides is 1. The zero-order valence-electron chi connectivity index (χ0n) is 17.3. The van der Waals surface area contributed by atoms with Crippen LogP contribution in [0.4, 0.5) is 13.2 Å². The zero-order chi connectivity index (χ0) is 24.3. The summed E-state index contributed by atoms with van der Waals surface area (Å²) in [5.74, 6) is -2.06. The predicted octanol–water partition coefficient (Wildman–Crippen LogP) is 2.22. The minimum atomic E-state index is -4.67. The van der Waals surface area contributed by atoms with Gasteiger partial charge in [-0.05, 0) is 63.5 Å². The summed E-state index contributed by atoms with van der Waals surface area (Å²) in [5.41, 5.74) is 3.90. The van der Waals surface area contributed by atoms with E-state index < -0.39 is 45.4 Å². The van der Waals surface area contributed by atoms with Gasteiger partial charge in [-0.2, -0.15) is 17.9 Å². The molecule has 0 saturated carbocycles. The first-order valence-electron chi connectivity index (χ1n) is 9.05. The van der Waals surface area contributed by atoms with Crippen LogP contribution in [-0.2, 0) is 16.2 Å². The lowest BCUT2D eigenvalue weighted by molar-refractivity contribution is -0.137. The Morgan fingerprint density at radius 1 is 1.16 bits per heavy atom. The summed E-state index contributed by atoms with van der Waals surface area (Å²) < 4.78 is 66.0. The van der Waals surface area contributed by atoms with Crippen molar-refractivity contribution in [3.8, 4) is 5.75 Å². The van der Waals surface area contributed by atoms with E-state index in [0.717, 1.165) is 18.2 Å². The van der Waals surface area contributed by atoms with Crippen molar-refractivity contribution in [2.24, 2.45) is 5.73 Å². The summed E-state index contributed by atoms with van der Waals surface area (Å²) in [6, 6.07) is 8.38. The number of nitrogens with zero attached hydrogens (tertiary/aromatic N) is 2. The number of carbonyl (C=O) groups excluding carboxylic acids is 1. The number of amides is 1. The number of rotatable bonds is 7. The first-order chi connectivity index (χ1) is 14.7. The maximum Gasteiger partial charge on any atom is 0.416 e. The van der Waals surface area contributed by atoms with Crippen molar-refractivity contribution >= 4 is 21.9 Å². The molecular weight excluding hydrogens is 451 g/mol. The van der Waals surface area contributed by atoms with E-state index in [0.29, 0.717) is 11.1 Å². The van der Waals surface area contributed by atoms with E-state index in [9.17, 15) is 26.4 Å². The summed E-state index contributed by atoms with van der Waals surface area (Å²) in [6.07, 6.45) is -5.15. The third kappa shape index (κ3) is 6.18. The minimum absolute atomic E-state index is 0.0693. The van der Waals surface area contributed by atoms with Gasteiger partial charge in [0.05, 0.1) is 16.6 Å². The van der Waals surface area contributed by atoms with Gasteiger partial charge in [0.2, 0.25) is 16.0 Å². The molecule has 2 aromatic rings. The van der Waals surface area contributed by atoms with E-state index in [-0.39, 0.29) is 10.6 Å². The number of alkyl halides is 3. The second-order valence-corrected chi connectivity index (χ2v) is 8.60. The summed E-state index contributed by atoms with van der Waals surface area (Å²) in [6.45, 7) is 1.65. The van der Waals surface area contributed by atoms with E-state index >= 15 is 0 Å². The molecule has 0 saturated heterocycles.